The van der Waals surface area contributed by atoms with Gasteiger partial charge in [-0.3, -0.25) is 23.4 Å². The minimum atomic E-state index is -4.76. The number of phosphoric acid groups is 1. The first-order chi connectivity index (χ1) is 33.2. The van der Waals surface area contributed by atoms with Crippen LogP contribution < -0.4 is 0 Å². The molecular weight excluding hydrogens is 880 g/mol. The molecule has 0 amide bonds. The van der Waals surface area contributed by atoms with Crippen LogP contribution in [-0.4, -0.2) is 66.5 Å². The number of phosphoric ester groups is 1. The molecule has 0 bridgehead atoms. The fourth-order valence-electron chi connectivity index (χ4n) is 6.97. The summed E-state index contributed by atoms with van der Waals surface area (Å²) in [5, 5.41) is 9.77. The largest absolute Gasteiger partial charge is 0.472 e. The number of carbonyl (C=O) groups is 3. The Balaban J connectivity index is 4.82. The molecule has 12 heteroatoms. The highest BCUT2D eigenvalue weighted by atomic mass is 31.2. The van der Waals surface area contributed by atoms with Crippen LogP contribution in [0.5, 0.6) is 0 Å². The van der Waals surface area contributed by atoms with Crippen molar-refractivity contribution in [2.24, 2.45) is 0 Å². The molecule has 0 aliphatic heterocycles. The average molecular weight is 977 g/mol. The lowest BCUT2D eigenvalue weighted by atomic mass is 10.1. The van der Waals surface area contributed by atoms with Gasteiger partial charge in [0.25, 0.3) is 0 Å². The van der Waals surface area contributed by atoms with Crippen LogP contribution in [0.4, 0.5) is 0 Å². The van der Waals surface area contributed by atoms with Gasteiger partial charge in [0.1, 0.15) is 12.7 Å². The van der Waals surface area contributed by atoms with Crippen molar-refractivity contribution in [3.8, 4) is 0 Å². The number of hydrogen-bond donors (Lipinski definition) is 2. The summed E-state index contributed by atoms with van der Waals surface area (Å²) >= 11 is 0. The molecule has 68 heavy (non-hydrogen) atoms. The fraction of sp³-hybridized carbons (Fsp3) is 0.732. The van der Waals surface area contributed by atoms with Gasteiger partial charge in [-0.1, -0.05) is 177 Å². The Kier molecular flexibility index (Phi) is 48.0. The van der Waals surface area contributed by atoms with E-state index in [1.165, 1.54) is 51.4 Å². The van der Waals surface area contributed by atoms with E-state index in [4.69, 9.17) is 23.3 Å². The third-order valence-corrected chi connectivity index (χ3v) is 12.0. The molecule has 11 nitrogen and oxygen atoms in total. The quantitative estimate of drug-likeness (QED) is 0.0197. The minimum absolute atomic E-state index is 0.146. The van der Waals surface area contributed by atoms with E-state index in [9.17, 15) is 28.9 Å². The highest BCUT2D eigenvalue weighted by molar-refractivity contribution is 7.47. The summed E-state index contributed by atoms with van der Waals surface area (Å²) in [6.07, 6.45) is 54.4. The lowest BCUT2D eigenvalue weighted by molar-refractivity contribution is -0.161. The second kappa shape index (κ2) is 50.3. The number of allylic oxidation sites excluding steroid dienone is 12. The zero-order valence-corrected chi connectivity index (χ0v) is 43.9. The molecule has 392 valence electrons. The number of unbranched alkanes of at least 4 members (excludes halogenated alkanes) is 20. The van der Waals surface area contributed by atoms with Crippen molar-refractivity contribution < 1.29 is 52.2 Å². The molecule has 0 aromatic carbocycles. The topological polar surface area (TPSA) is 155 Å². The average Bonchev–Trinajstić information content (AvgIpc) is 3.32. The number of carbonyl (C=O) groups excluding carboxylic acids is 3. The first-order valence-corrected chi connectivity index (χ1v) is 28.3. The standard InChI is InChI=1S/C56H97O11P/c1-4-7-10-13-16-19-22-24-26-28-31-33-36-39-42-45-54(58)63-49-53(67-56(60)47-44-41-38-35-32-29-27-25-23-20-17-14-11-8-5-2)51-65-68(61,62)64-50-52(48-57)66-55(59)46-43-40-37-34-30-21-18-15-12-9-6-3/h7,10,15-16,18-19,24-27,31,33,52-53,57H,4-6,8-9,11-14,17,20-23,28-30,32,34-51H2,1-3H3,(H,61,62)/b10-7-,18-15-,19-16-,26-24-,27-25-,33-31-. The summed E-state index contributed by atoms with van der Waals surface area (Å²) in [6.45, 7) is 4.41. The van der Waals surface area contributed by atoms with Crippen LogP contribution >= 0.6 is 7.82 Å². The predicted octanol–water partition coefficient (Wildman–Crippen LogP) is 15.4. The summed E-state index contributed by atoms with van der Waals surface area (Å²) < 4.78 is 39.3. The molecule has 3 unspecified atom stereocenters. The Morgan fingerprint density at radius 3 is 1.26 bits per heavy atom. The van der Waals surface area contributed by atoms with Crippen molar-refractivity contribution in [2.75, 3.05) is 26.4 Å². The van der Waals surface area contributed by atoms with E-state index in [1.807, 2.05) is 0 Å². The molecule has 3 atom stereocenters. The lowest BCUT2D eigenvalue weighted by Gasteiger charge is -2.21. The van der Waals surface area contributed by atoms with Gasteiger partial charge in [0.15, 0.2) is 6.10 Å². The number of esters is 3. The highest BCUT2D eigenvalue weighted by Gasteiger charge is 2.28. The first kappa shape index (κ1) is 64.9. The molecule has 2 N–H and O–H groups in total. The molecule has 0 aromatic heterocycles. The molecule has 0 heterocycles. The maximum absolute atomic E-state index is 12.9. The zero-order valence-electron chi connectivity index (χ0n) is 43.1. The monoisotopic (exact) mass is 977 g/mol. The molecular formula is C56H97O11P. The Morgan fingerprint density at radius 2 is 0.779 bits per heavy atom. The van der Waals surface area contributed by atoms with Crippen LogP contribution in [0, 0.1) is 0 Å². The van der Waals surface area contributed by atoms with Crippen LogP contribution in [0.2, 0.25) is 0 Å². The van der Waals surface area contributed by atoms with E-state index < -0.39 is 57.8 Å². The van der Waals surface area contributed by atoms with Crippen LogP contribution in [0.15, 0.2) is 72.9 Å². The number of ether oxygens (including phenoxy) is 3. The van der Waals surface area contributed by atoms with Gasteiger partial charge in [-0.25, -0.2) is 4.57 Å². The lowest BCUT2D eigenvalue weighted by Crippen LogP contribution is -2.30. The van der Waals surface area contributed by atoms with Gasteiger partial charge >= 0.3 is 25.7 Å². The summed E-state index contributed by atoms with van der Waals surface area (Å²) in [7, 11) is -4.76. The Morgan fingerprint density at radius 1 is 0.426 bits per heavy atom. The first-order valence-electron chi connectivity index (χ1n) is 26.8. The van der Waals surface area contributed by atoms with E-state index in [0.29, 0.717) is 19.3 Å². The molecule has 0 aromatic rings. The Labute approximate surface area is 414 Å². The van der Waals surface area contributed by atoms with Gasteiger partial charge in [0.2, 0.25) is 0 Å². The zero-order chi connectivity index (χ0) is 49.9. The van der Waals surface area contributed by atoms with E-state index in [2.05, 4.69) is 93.7 Å². The van der Waals surface area contributed by atoms with Crippen LogP contribution in [0.3, 0.4) is 0 Å². The summed E-state index contributed by atoms with van der Waals surface area (Å²) in [4.78, 5) is 48.3. The molecule has 0 radical (unpaired) electrons. The number of aliphatic hydroxyl groups is 1. The normalized spacial score (nSPS) is 14.0. The van der Waals surface area contributed by atoms with Gasteiger partial charge in [-0.15, -0.1) is 0 Å². The number of aliphatic hydroxyl groups excluding tert-OH is 1. The Bertz CT molecular complexity index is 1420. The van der Waals surface area contributed by atoms with Crippen LogP contribution in [0.25, 0.3) is 0 Å². The van der Waals surface area contributed by atoms with E-state index in [0.717, 1.165) is 116 Å². The van der Waals surface area contributed by atoms with E-state index >= 15 is 0 Å². The van der Waals surface area contributed by atoms with Gasteiger partial charge in [-0.2, -0.15) is 0 Å². The summed E-state index contributed by atoms with van der Waals surface area (Å²) in [6, 6.07) is 0. The molecule has 0 spiro atoms. The SMILES string of the molecule is CC/C=C\C/C=C\C/C=C\C/C=C\CCCCC(=O)OCC(COP(=O)(O)OCC(CO)OC(=O)CCCCCCC/C=C\CCCC)OC(=O)CCCCCCC/C=C\CCCCCCCC. The van der Waals surface area contributed by atoms with Crippen molar-refractivity contribution in [3.05, 3.63) is 72.9 Å². The van der Waals surface area contributed by atoms with E-state index in [-0.39, 0.29) is 25.9 Å². The number of rotatable bonds is 49. The van der Waals surface area contributed by atoms with E-state index in [1.54, 1.807) is 0 Å². The third-order valence-electron chi connectivity index (χ3n) is 11.1. The molecule has 0 aliphatic rings. The van der Waals surface area contributed by atoms with Gasteiger partial charge < -0.3 is 24.2 Å². The van der Waals surface area contributed by atoms with Gasteiger partial charge in [0, 0.05) is 19.3 Å². The van der Waals surface area contributed by atoms with Crippen molar-refractivity contribution in [3.63, 3.8) is 0 Å². The van der Waals surface area contributed by atoms with Crippen molar-refractivity contribution in [1.82, 2.24) is 0 Å². The molecule has 0 saturated carbocycles. The second-order valence-corrected chi connectivity index (χ2v) is 19.1. The smallest absolute Gasteiger partial charge is 0.462 e. The van der Waals surface area contributed by atoms with Gasteiger partial charge in [0.05, 0.1) is 19.8 Å². The number of hydrogen-bond acceptors (Lipinski definition) is 10. The highest BCUT2D eigenvalue weighted by Crippen LogP contribution is 2.43. The van der Waals surface area contributed by atoms with Crippen molar-refractivity contribution >= 4 is 25.7 Å². The van der Waals surface area contributed by atoms with Crippen molar-refractivity contribution in [1.29, 1.82) is 0 Å². The maximum atomic E-state index is 12.9. The van der Waals surface area contributed by atoms with Gasteiger partial charge in [-0.05, 0) is 103 Å². The fourth-order valence-corrected chi connectivity index (χ4v) is 7.75. The Hall–Kier alpha value is -3.08. The predicted molar refractivity (Wildman–Crippen MR) is 279 cm³/mol. The molecule has 0 saturated heterocycles. The van der Waals surface area contributed by atoms with Crippen LogP contribution in [0.1, 0.15) is 226 Å². The maximum Gasteiger partial charge on any atom is 0.472 e. The summed E-state index contributed by atoms with van der Waals surface area (Å²) in [5.74, 6) is -1.54. The third kappa shape index (κ3) is 48.0. The molecule has 0 rings (SSSR count). The van der Waals surface area contributed by atoms with Crippen molar-refractivity contribution in [2.45, 2.75) is 238 Å². The molecule has 0 fully saturated rings. The second-order valence-electron chi connectivity index (χ2n) is 17.7. The van der Waals surface area contributed by atoms with Crippen LogP contribution in [-0.2, 0) is 42.2 Å². The summed E-state index contributed by atoms with van der Waals surface area (Å²) in [5.41, 5.74) is 0. The molecule has 0 aliphatic carbocycles. The minimum Gasteiger partial charge on any atom is -0.462 e.